The predicted octanol–water partition coefficient (Wildman–Crippen LogP) is 1.37. The van der Waals surface area contributed by atoms with Crippen molar-refractivity contribution >= 4 is 0 Å². The first-order chi connectivity index (χ1) is 7.61. The molecule has 16 heavy (non-hydrogen) atoms. The molecular weight excluding hydrogens is 220 g/mol. The van der Waals surface area contributed by atoms with Crippen molar-refractivity contribution in [3.05, 3.63) is 55.4 Å². The third-order valence-electron chi connectivity index (χ3n) is 1.78. The highest BCUT2D eigenvalue weighted by atomic mass is 16.6. The van der Waals surface area contributed by atoms with E-state index in [-0.39, 0.29) is 11.4 Å². The van der Waals surface area contributed by atoms with Crippen LogP contribution in [0, 0.1) is 20.2 Å². The SMILES string of the molecule is O=[N+]([O-])C1=CN=NC1=C1N=NC=C1[N+](=O)[O-]. The Labute approximate surface area is 86.7 Å². The van der Waals surface area contributed by atoms with E-state index in [9.17, 15) is 20.2 Å². The second kappa shape index (κ2) is 3.42. The largest absolute Gasteiger partial charge is 0.319 e. The van der Waals surface area contributed by atoms with E-state index in [1.165, 1.54) is 0 Å². The van der Waals surface area contributed by atoms with Crippen molar-refractivity contribution in [3.8, 4) is 0 Å². The van der Waals surface area contributed by atoms with Crippen LogP contribution in [-0.4, -0.2) is 9.85 Å². The molecular formula is C6H2N6O4. The third-order valence-corrected chi connectivity index (χ3v) is 1.78. The van der Waals surface area contributed by atoms with E-state index in [0.29, 0.717) is 0 Å². The minimum Gasteiger partial charge on any atom is -0.258 e. The lowest BCUT2D eigenvalue weighted by Gasteiger charge is -1.95. The normalized spacial score (nSPS) is 22.2. The maximum Gasteiger partial charge on any atom is 0.319 e. The number of nitro groups is 2. The van der Waals surface area contributed by atoms with Crippen molar-refractivity contribution in [1.29, 1.82) is 0 Å². The summed E-state index contributed by atoms with van der Waals surface area (Å²) in [5.74, 6) is 0. The molecule has 2 heterocycles. The van der Waals surface area contributed by atoms with Crippen molar-refractivity contribution in [2.45, 2.75) is 0 Å². The lowest BCUT2D eigenvalue weighted by molar-refractivity contribution is -0.424. The van der Waals surface area contributed by atoms with Gasteiger partial charge in [-0.25, -0.2) is 0 Å². The Hall–Kier alpha value is -2.78. The average molecular weight is 222 g/mol. The fraction of sp³-hybridized carbons (Fsp3) is 0. The number of nitrogens with zero attached hydrogens (tertiary/aromatic N) is 6. The van der Waals surface area contributed by atoms with E-state index in [1.54, 1.807) is 0 Å². The van der Waals surface area contributed by atoms with Crippen LogP contribution in [0.4, 0.5) is 0 Å². The lowest BCUT2D eigenvalue weighted by atomic mass is 10.2. The van der Waals surface area contributed by atoms with E-state index in [4.69, 9.17) is 0 Å². The Balaban J connectivity index is 2.51. The number of hydrogen-bond acceptors (Lipinski definition) is 8. The quantitative estimate of drug-likeness (QED) is 0.514. The van der Waals surface area contributed by atoms with Crippen LogP contribution in [0.3, 0.4) is 0 Å². The van der Waals surface area contributed by atoms with Crippen LogP contribution >= 0.6 is 0 Å². The second-order valence-corrected chi connectivity index (χ2v) is 2.67. The third kappa shape index (κ3) is 1.37. The van der Waals surface area contributed by atoms with Gasteiger partial charge in [0, 0.05) is 0 Å². The van der Waals surface area contributed by atoms with Crippen LogP contribution in [0.2, 0.25) is 0 Å². The van der Waals surface area contributed by atoms with Gasteiger partial charge in [0.15, 0.2) is 11.4 Å². The zero-order valence-corrected chi connectivity index (χ0v) is 7.47. The van der Waals surface area contributed by atoms with Gasteiger partial charge in [-0.15, -0.1) is 10.2 Å². The summed E-state index contributed by atoms with van der Waals surface area (Å²) >= 11 is 0. The van der Waals surface area contributed by atoms with E-state index >= 15 is 0 Å². The lowest BCUT2D eigenvalue weighted by Crippen LogP contribution is -2.04. The monoisotopic (exact) mass is 222 g/mol. The summed E-state index contributed by atoms with van der Waals surface area (Å²) < 4.78 is 0. The Morgan fingerprint density at radius 3 is 1.56 bits per heavy atom. The zero-order valence-electron chi connectivity index (χ0n) is 7.47. The summed E-state index contributed by atoms with van der Waals surface area (Å²) in [6.07, 6.45) is 1.79. The maximum absolute atomic E-state index is 10.6. The Kier molecular flexibility index (Phi) is 2.08. The highest BCUT2D eigenvalue weighted by molar-refractivity contribution is 5.40. The summed E-state index contributed by atoms with van der Waals surface area (Å²) in [5, 5.41) is 34.6. The standard InChI is InChI=1S/C6H2N6O4/c13-11(14)3-1-7-9-5(3)6-4(12(15)16)2-8-10-6/h1-2H. The van der Waals surface area contributed by atoms with Gasteiger partial charge < -0.3 is 0 Å². The zero-order chi connectivity index (χ0) is 11.7. The minimum absolute atomic E-state index is 0.255. The highest BCUT2D eigenvalue weighted by Gasteiger charge is 2.34. The van der Waals surface area contributed by atoms with Gasteiger partial charge in [0.2, 0.25) is 0 Å². The molecule has 0 saturated heterocycles. The summed E-state index contributed by atoms with van der Waals surface area (Å²) in [7, 11) is 0. The van der Waals surface area contributed by atoms with Crippen molar-refractivity contribution in [1.82, 2.24) is 0 Å². The Morgan fingerprint density at radius 1 is 0.875 bits per heavy atom. The Morgan fingerprint density at radius 2 is 1.25 bits per heavy atom. The van der Waals surface area contributed by atoms with Gasteiger partial charge in [-0.2, -0.15) is 10.2 Å². The van der Waals surface area contributed by atoms with Crippen molar-refractivity contribution in [3.63, 3.8) is 0 Å². The van der Waals surface area contributed by atoms with Crippen LogP contribution < -0.4 is 0 Å². The summed E-state index contributed by atoms with van der Waals surface area (Å²) in [6, 6.07) is 0. The van der Waals surface area contributed by atoms with Crippen molar-refractivity contribution < 1.29 is 9.85 Å². The first-order valence-electron chi connectivity index (χ1n) is 3.87. The Bertz CT molecular complexity index is 491. The van der Waals surface area contributed by atoms with Crippen molar-refractivity contribution in [2.24, 2.45) is 20.5 Å². The molecule has 0 N–H and O–H groups in total. The molecule has 2 aliphatic heterocycles. The van der Waals surface area contributed by atoms with Crippen LogP contribution in [-0.2, 0) is 0 Å². The number of rotatable bonds is 2. The fourth-order valence-corrected chi connectivity index (χ4v) is 1.11. The highest BCUT2D eigenvalue weighted by Crippen LogP contribution is 2.30. The van der Waals surface area contributed by atoms with Crippen molar-refractivity contribution in [2.75, 3.05) is 0 Å². The molecule has 0 bridgehead atoms. The number of azo groups is 2. The van der Waals surface area contributed by atoms with Gasteiger partial charge in [0.25, 0.3) is 0 Å². The molecule has 2 rings (SSSR count). The van der Waals surface area contributed by atoms with Gasteiger partial charge in [0.05, 0.1) is 9.85 Å². The molecule has 0 amide bonds. The van der Waals surface area contributed by atoms with E-state index in [2.05, 4.69) is 20.5 Å². The molecule has 0 fully saturated rings. The molecule has 0 saturated carbocycles. The maximum atomic E-state index is 10.6. The molecule has 0 atom stereocenters. The topological polar surface area (TPSA) is 136 Å². The van der Waals surface area contributed by atoms with E-state index < -0.39 is 21.2 Å². The smallest absolute Gasteiger partial charge is 0.258 e. The number of hydrogen-bond donors (Lipinski definition) is 0. The molecule has 10 nitrogen and oxygen atoms in total. The average Bonchev–Trinajstić information content (AvgIpc) is 2.85. The molecule has 0 unspecified atom stereocenters. The molecule has 80 valence electrons. The fourth-order valence-electron chi connectivity index (χ4n) is 1.11. The van der Waals surface area contributed by atoms with Gasteiger partial charge in [-0.3, -0.25) is 20.2 Å². The van der Waals surface area contributed by atoms with Crippen LogP contribution in [0.25, 0.3) is 0 Å². The molecule has 10 heteroatoms. The van der Waals surface area contributed by atoms with Gasteiger partial charge in [-0.05, 0) is 0 Å². The first kappa shape index (κ1) is 9.76. The minimum atomic E-state index is -0.742. The molecule has 0 aromatic carbocycles. The van der Waals surface area contributed by atoms with Crippen LogP contribution in [0.5, 0.6) is 0 Å². The van der Waals surface area contributed by atoms with E-state index in [0.717, 1.165) is 12.4 Å². The van der Waals surface area contributed by atoms with E-state index in [1.807, 2.05) is 0 Å². The summed E-state index contributed by atoms with van der Waals surface area (Å²) in [5.41, 5.74) is -1.39. The van der Waals surface area contributed by atoms with Gasteiger partial charge in [0.1, 0.15) is 12.4 Å². The molecule has 0 aromatic rings. The van der Waals surface area contributed by atoms with Gasteiger partial charge >= 0.3 is 11.4 Å². The molecule has 2 aliphatic rings. The molecule has 0 spiro atoms. The summed E-state index contributed by atoms with van der Waals surface area (Å²) in [6.45, 7) is 0. The molecule has 0 aromatic heterocycles. The van der Waals surface area contributed by atoms with Crippen LogP contribution in [0.1, 0.15) is 0 Å². The first-order valence-corrected chi connectivity index (χ1v) is 3.87. The molecule has 0 radical (unpaired) electrons. The van der Waals surface area contributed by atoms with Gasteiger partial charge in [-0.1, -0.05) is 0 Å². The molecule has 0 aliphatic carbocycles. The summed E-state index contributed by atoms with van der Waals surface area (Å²) in [4.78, 5) is 19.6. The predicted molar refractivity (Wildman–Crippen MR) is 46.9 cm³/mol. The second-order valence-electron chi connectivity index (χ2n) is 2.67. The van der Waals surface area contributed by atoms with Crippen LogP contribution in [0.15, 0.2) is 55.6 Å².